The van der Waals surface area contributed by atoms with Gasteiger partial charge in [-0.05, 0) is 30.9 Å². The van der Waals surface area contributed by atoms with Crippen LogP contribution >= 0.6 is 0 Å². The smallest absolute Gasteiger partial charge is 0.270 e. The molecule has 7 nitrogen and oxygen atoms in total. The average molecular weight is 344 g/mol. The van der Waals surface area contributed by atoms with Crippen molar-refractivity contribution in [3.05, 3.63) is 30.3 Å². The number of nitrogens with two attached hydrogens (primary N) is 1. The van der Waals surface area contributed by atoms with Gasteiger partial charge in [0.15, 0.2) is 0 Å². The molecule has 134 valence electrons. The van der Waals surface area contributed by atoms with Gasteiger partial charge in [-0.15, -0.1) is 0 Å². The number of hydrogen-bond acceptors (Lipinski definition) is 5. The lowest BCUT2D eigenvalue weighted by Gasteiger charge is -2.32. The van der Waals surface area contributed by atoms with Crippen LogP contribution in [0.2, 0.25) is 0 Å². The third-order valence-electron chi connectivity index (χ3n) is 4.71. The van der Waals surface area contributed by atoms with Gasteiger partial charge in [-0.3, -0.25) is 14.6 Å². The maximum atomic E-state index is 12.9. The van der Waals surface area contributed by atoms with Crippen molar-refractivity contribution in [3.8, 4) is 0 Å². The van der Waals surface area contributed by atoms with Crippen LogP contribution in [-0.4, -0.2) is 55.3 Å². The molecule has 0 aromatic heterocycles. The first kappa shape index (κ1) is 17.4. The molecule has 0 radical (unpaired) electrons. The van der Waals surface area contributed by atoms with Gasteiger partial charge < -0.3 is 15.4 Å². The first-order valence-electron chi connectivity index (χ1n) is 8.59. The van der Waals surface area contributed by atoms with Gasteiger partial charge in [0.2, 0.25) is 5.91 Å². The van der Waals surface area contributed by atoms with Gasteiger partial charge in [-0.2, -0.15) is 5.10 Å². The Morgan fingerprint density at radius 1 is 1.32 bits per heavy atom. The van der Waals surface area contributed by atoms with E-state index in [4.69, 9.17) is 10.5 Å². The van der Waals surface area contributed by atoms with Crippen molar-refractivity contribution in [2.75, 3.05) is 31.8 Å². The van der Waals surface area contributed by atoms with E-state index in [0.29, 0.717) is 31.3 Å². The fraction of sp³-hybridized carbons (Fsp3) is 0.500. The van der Waals surface area contributed by atoms with Crippen LogP contribution in [0.15, 0.2) is 35.4 Å². The summed E-state index contributed by atoms with van der Waals surface area (Å²) in [6.07, 6.45) is 2.26. The van der Waals surface area contributed by atoms with E-state index < -0.39 is 11.9 Å². The van der Waals surface area contributed by atoms with Crippen LogP contribution in [0.4, 0.5) is 5.69 Å². The maximum Gasteiger partial charge on any atom is 0.270 e. The number of primary amides is 1. The molecule has 1 aromatic rings. The highest BCUT2D eigenvalue weighted by atomic mass is 16.5. The molecule has 1 aromatic carbocycles. The molecule has 3 rings (SSSR count). The topological polar surface area (TPSA) is 88.2 Å². The van der Waals surface area contributed by atoms with Crippen LogP contribution in [-0.2, 0) is 14.3 Å². The molecule has 2 atom stereocenters. The summed E-state index contributed by atoms with van der Waals surface area (Å²) in [6.45, 7) is 2.03. The zero-order valence-corrected chi connectivity index (χ0v) is 14.4. The molecule has 0 bridgehead atoms. The van der Waals surface area contributed by atoms with E-state index in [0.717, 1.165) is 18.5 Å². The molecule has 2 aliphatic rings. The number of ether oxygens (including phenoxy) is 1. The van der Waals surface area contributed by atoms with E-state index in [1.165, 1.54) is 0 Å². The number of likely N-dealkylation sites (tertiary alicyclic amines) is 1. The van der Waals surface area contributed by atoms with E-state index in [1.54, 1.807) is 12.1 Å². The number of methoxy groups -OCH3 is 1. The molecule has 25 heavy (non-hydrogen) atoms. The molecule has 1 fully saturated rings. The number of para-hydroxylation sites is 1. The molecule has 2 heterocycles. The molecule has 0 aliphatic carbocycles. The Kier molecular flexibility index (Phi) is 5.33. The Morgan fingerprint density at radius 2 is 2.08 bits per heavy atom. The number of nitrogens with zero attached hydrogens (tertiary/aromatic N) is 3. The van der Waals surface area contributed by atoms with Gasteiger partial charge in [-0.1, -0.05) is 18.2 Å². The molecule has 1 saturated heterocycles. The van der Waals surface area contributed by atoms with Crippen molar-refractivity contribution in [1.82, 2.24) is 4.90 Å². The summed E-state index contributed by atoms with van der Waals surface area (Å²) in [5, 5.41) is 6.00. The lowest BCUT2D eigenvalue weighted by atomic mass is 9.98. The molecule has 2 amide bonds. The minimum absolute atomic E-state index is 0.106. The SMILES string of the molecule is COCC1CCCN(C(=O)C2=NN(c3ccccc3)C(C(N)=O)C2)C1. The number of carbonyl (C=O) groups is 2. The first-order chi connectivity index (χ1) is 12.1. The Morgan fingerprint density at radius 3 is 2.76 bits per heavy atom. The van der Waals surface area contributed by atoms with Gasteiger partial charge in [0.05, 0.1) is 12.3 Å². The quantitative estimate of drug-likeness (QED) is 0.863. The van der Waals surface area contributed by atoms with Crippen molar-refractivity contribution < 1.29 is 14.3 Å². The molecule has 0 saturated carbocycles. The first-order valence-corrected chi connectivity index (χ1v) is 8.59. The number of hydrogen-bond donors (Lipinski definition) is 1. The molecule has 7 heteroatoms. The predicted octanol–water partition coefficient (Wildman–Crippen LogP) is 0.992. The zero-order chi connectivity index (χ0) is 17.8. The second kappa shape index (κ2) is 7.65. The van der Waals surface area contributed by atoms with Crippen LogP contribution in [0.25, 0.3) is 0 Å². The number of rotatable bonds is 5. The van der Waals surface area contributed by atoms with Crippen molar-refractivity contribution >= 4 is 23.2 Å². The normalized spacial score (nSPS) is 23.5. The molecular weight excluding hydrogens is 320 g/mol. The Labute approximate surface area is 147 Å². The third kappa shape index (κ3) is 3.82. The number of piperidine rings is 1. The summed E-state index contributed by atoms with van der Waals surface area (Å²) < 4.78 is 5.22. The van der Waals surface area contributed by atoms with Crippen molar-refractivity contribution in [1.29, 1.82) is 0 Å². The van der Waals surface area contributed by atoms with Crippen molar-refractivity contribution in [2.45, 2.75) is 25.3 Å². The molecular formula is C18H24N4O3. The van der Waals surface area contributed by atoms with E-state index in [1.807, 2.05) is 35.2 Å². The van der Waals surface area contributed by atoms with Gasteiger partial charge in [0.1, 0.15) is 11.8 Å². The number of benzene rings is 1. The number of carbonyl (C=O) groups excluding carboxylic acids is 2. The third-order valence-corrected chi connectivity index (χ3v) is 4.71. The molecule has 2 aliphatic heterocycles. The van der Waals surface area contributed by atoms with Crippen LogP contribution in [0.3, 0.4) is 0 Å². The largest absolute Gasteiger partial charge is 0.384 e. The number of hydrazone groups is 1. The summed E-state index contributed by atoms with van der Waals surface area (Å²) in [7, 11) is 1.68. The summed E-state index contributed by atoms with van der Waals surface area (Å²) in [4.78, 5) is 26.5. The van der Waals surface area contributed by atoms with E-state index in [-0.39, 0.29) is 12.3 Å². The fourth-order valence-electron chi connectivity index (χ4n) is 3.48. The van der Waals surface area contributed by atoms with Crippen LogP contribution in [0.1, 0.15) is 19.3 Å². The molecule has 2 N–H and O–H groups in total. The van der Waals surface area contributed by atoms with Gasteiger partial charge in [0.25, 0.3) is 5.91 Å². The minimum Gasteiger partial charge on any atom is -0.384 e. The molecule has 2 unspecified atom stereocenters. The summed E-state index contributed by atoms with van der Waals surface area (Å²) >= 11 is 0. The maximum absolute atomic E-state index is 12.9. The van der Waals surface area contributed by atoms with Gasteiger partial charge >= 0.3 is 0 Å². The summed E-state index contributed by atoms with van der Waals surface area (Å²) in [5.74, 6) is -0.237. The van der Waals surface area contributed by atoms with E-state index in [9.17, 15) is 9.59 Å². The second-order valence-electron chi connectivity index (χ2n) is 6.56. The predicted molar refractivity (Wildman–Crippen MR) is 95.1 cm³/mol. The van der Waals surface area contributed by atoms with Gasteiger partial charge in [-0.25, -0.2) is 0 Å². The van der Waals surface area contributed by atoms with E-state index in [2.05, 4.69) is 5.10 Å². The standard InChI is InChI=1S/C18H24N4O3/c1-25-12-13-6-5-9-21(11-13)18(24)15-10-16(17(19)23)22(20-15)14-7-3-2-4-8-14/h2-4,7-8,13,16H,5-6,9-12H2,1H3,(H2,19,23). The fourth-order valence-corrected chi connectivity index (χ4v) is 3.48. The Hall–Kier alpha value is -2.41. The number of amides is 2. The minimum atomic E-state index is -0.624. The van der Waals surface area contributed by atoms with E-state index >= 15 is 0 Å². The summed E-state index contributed by atoms with van der Waals surface area (Å²) in [6, 6.07) is 8.69. The lowest BCUT2D eigenvalue weighted by molar-refractivity contribution is -0.126. The summed E-state index contributed by atoms with van der Waals surface area (Å²) in [5.41, 5.74) is 6.68. The highest BCUT2D eigenvalue weighted by Crippen LogP contribution is 2.26. The number of anilines is 1. The lowest BCUT2D eigenvalue weighted by Crippen LogP contribution is -2.44. The van der Waals surface area contributed by atoms with Crippen molar-refractivity contribution in [2.24, 2.45) is 16.8 Å². The van der Waals surface area contributed by atoms with Crippen molar-refractivity contribution in [3.63, 3.8) is 0 Å². The van der Waals surface area contributed by atoms with Crippen LogP contribution < -0.4 is 10.7 Å². The molecule has 0 spiro atoms. The van der Waals surface area contributed by atoms with Crippen LogP contribution in [0, 0.1) is 5.92 Å². The highest BCUT2D eigenvalue weighted by Gasteiger charge is 2.37. The zero-order valence-electron chi connectivity index (χ0n) is 14.4. The monoisotopic (exact) mass is 344 g/mol. The second-order valence-corrected chi connectivity index (χ2v) is 6.56. The van der Waals surface area contributed by atoms with Gasteiger partial charge in [0, 0.05) is 26.6 Å². The Bertz CT molecular complexity index is 660. The van der Waals surface area contributed by atoms with Crippen LogP contribution in [0.5, 0.6) is 0 Å². The Balaban J connectivity index is 1.77. The highest BCUT2D eigenvalue weighted by molar-refractivity contribution is 6.40. The average Bonchev–Trinajstić information content (AvgIpc) is 3.08.